The van der Waals surface area contributed by atoms with E-state index in [0.29, 0.717) is 0 Å². The van der Waals surface area contributed by atoms with Crippen LogP contribution in [0.4, 0.5) is 0 Å². The van der Waals surface area contributed by atoms with Crippen molar-refractivity contribution in [3.63, 3.8) is 0 Å². The van der Waals surface area contributed by atoms with Crippen molar-refractivity contribution < 1.29 is 12.8 Å². The lowest BCUT2D eigenvalue weighted by atomic mass is 10.2. The Balaban J connectivity index is 1.75. The summed E-state index contributed by atoms with van der Waals surface area (Å²) in [5, 5.41) is 0.261. The predicted molar refractivity (Wildman–Crippen MR) is 95.9 cm³/mol. The Labute approximate surface area is 153 Å². The smallest absolute Gasteiger partial charge is 0.242 e. The molecular formula is C17H22ClN3O3S. The van der Waals surface area contributed by atoms with Gasteiger partial charge >= 0.3 is 0 Å². The predicted octanol–water partition coefficient (Wildman–Crippen LogP) is 3.22. The van der Waals surface area contributed by atoms with E-state index < -0.39 is 10.0 Å². The molecule has 0 spiro atoms. The molecule has 1 aliphatic heterocycles. The molecule has 0 saturated carbocycles. The van der Waals surface area contributed by atoms with E-state index in [9.17, 15) is 8.42 Å². The summed E-state index contributed by atoms with van der Waals surface area (Å²) >= 11 is 5.73. The van der Waals surface area contributed by atoms with Gasteiger partial charge in [-0.3, -0.25) is 4.90 Å². The Morgan fingerprint density at radius 3 is 2.56 bits per heavy atom. The third kappa shape index (κ3) is 4.82. The van der Waals surface area contributed by atoms with Crippen molar-refractivity contribution in [1.82, 2.24) is 14.6 Å². The maximum Gasteiger partial charge on any atom is 0.242 e. The average Bonchev–Trinajstić information content (AvgIpc) is 2.98. The highest BCUT2D eigenvalue weighted by atomic mass is 35.5. The van der Waals surface area contributed by atoms with Gasteiger partial charge in [-0.05, 0) is 50.2 Å². The summed E-state index contributed by atoms with van der Waals surface area (Å²) in [5.41, 5.74) is 0. The Morgan fingerprint density at radius 2 is 1.96 bits per heavy atom. The second-order valence-electron chi connectivity index (χ2n) is 6.15. The highest BCUT2D eigenvalue weighted by Crippen LogP contribution is 2.25. The van der Waals surface area contributed by atoms with Crippen molar-refractivity contribution >= 4 is 21.6 Å². The van der Waals surface area contributed by atoms with Crippen molar-refractivity contribution in [2.45, 2.75) is 36.6 Å². The standard InChI is InChI=1S/C17H22ClN3O3S/c18-17-8-7-14(12-19-17)25(22,23)20-13-15(16-6-5-11-24-16)21-9-3-1-2-4-10-21/h5-8,11-12,15,20H,1-4,9-10,13H2. The molecule has 2 aromatic heterocycles. The van der Waals surface area contributed by atoms with Crippen LogP contribution in [0, 0.1) is 0 Å². The van der Waals surface area contributed by atoms with E-state index in [1.165, 1.54) is 31.2 Å². The summed E-state index contributed by atoms with van der Waals surface area (Å²) in [4.78, 5) is 6.24. The number of rotatable bonds is 6. The molecule has 3 heterocycles. The molecule has 2 aromatic rings. The molecule has 0 aromatic carbocycles. The lowest BCUT2D eigenvalue weighted by Crippen LogP contribution is -2.38. The van der Waals surface area contributed by atoms with Gasteiger partial charge < -0.3 is 4.42 Å². The molecule has 6 nitrogen and oxygen atoms in total. The third-order valence-corrected chi connectivity index (χ3v) is 6.06. The summed E-state index contributed by atoms with van der Waals surface area (Å²) in [6, 6.07) is 6.52. The Morgan fingerprint density at radius 1 is 1.20 bits per heavy atom. The molecule has 1 fully saturated rings. The summed E-state index contributed by atoms with van der Waals surface area (Å²) < 4.78 is 33.3. The van der Waals surface area contributed by atoms with Gasteiger partial charge in [0.2, 0.25) is 10.0 Å². The third-order valence-electron chi connectivity index (χ3n) is 4.43. The maximum atomic E-state index is 12.5. The molecule has 8 heteroatoms. The van der Waals surface area contributed by atoms with Gasteiger partial charge in [-0.25, -0.2) is 18.1 Å². The first-order valence-electron chi connectivity index (χ1n) is 8.45. The number of aromatic nitrogens is 1. The number of halogens is 1. The fraction of sp³-hybridized carbons (Fsp3) is 0.471. The van der Waals surface area contributed by atoms with Crippen molar-refractivity contribution in [1.29, 1.82) is 0 Å². The van der Waals surface area contributed by atoms with E-state index in [0.717, 1.165) is 31.7 Å². The minimum absolute atomic E-state index is 0.103. The van der Waals surface area contributed by atoms with Gasteiger partial charge in [-0.15, -0.1) is 0 Å². The van der Waals surface area contributed by atoms with Gasteiger partial charge in [-0.1, -0.05) is 24.4 Å². The van der Waals surface area contributed by atoms with Crippen LogP contribution >= 0.6 is 11.6 Å². The Bertz CT molecular complexity index is 755. The van der Waals surface area contributed by atoms with E-state index >= 15 is 0 Å². The number of furan rings is 1. The second-order valence-corrected chi connectivity index (χ2v) is 8.30. The highest BCUT2D eigenvalue weighted by molar-refractivity contribution is 7.89. The monoisotopic (exact) mass is 383 g/mol. The number of hydrogen-bond donors (Lipinski definition) is 1. The molecule has 0 amide bonds. The SMILES string of the molecule is O=S(=O)(NCC(c1ccco1)N1CCCCCC1)c1ccc(Cl)nc1. The fourth-order valence-corrected chi connectivity index (χ4v) is 4.18. The average molecular weight is 384 g/mol. The molecule has 136 valence electrons. The van der Waals surface area contributed by atoms with E-state index in [4.69, 9.17) is 16.0 Å². The molecular weight excluding hydrogens is 362 g/mol. The van der Waals surface area contributed by atoms with Gasteiger partial charge in [-0.2, -0.15) is 0 Å². The lowest BCUT2D eigenvalue weighted by molar-refractivity contribution is 0.182. The number of nitrogens with zero attached hydrogens (tertiary/aromatic N) is 2. The molecule has 0 bridgehead atoms. The van der Waals surface area contributed by atoms with E-state index in [1.807, 2.05) is 12.1 Å². The van der Waals surface area contributed by atoms with Crippen LogP contribution in [-0.4, -0.2) is 37.9 Å². The zero-order valence-corrected chi connectivity index (χ0v) is 15.5. The topological polar surface area (TPSA) is 75.4 Å². The highest BCUT2D eigenvalue weighted by Gasteiger charge is 2.26. The molecule has 25 heavy (non-hydrogen) atoms. The Hall–Kier alpha value is -1.41. The van der Waals surface area contributed by atoms with Crippen LogP contribution in [0.3, 0.4) is 0 Å². The normalized spacial score (nSPS) is 18.0. The molecule has 0 aliphatic carbocycles. The molecule has 1 saturated heterocycles. The summed E-state index contributed by atoms with van der Waals surface area (Å²) in [6.07, 6.45) is 7.54. The summed E-state index contributed by atoms with van der Waals surface area (Å²) in [6.45, 7) is 2.13. The quantitative estimate of drug-likeness (QED) is 0.775. The number of likely N-dealkylation sites (tertiary alicyclic amines) is 1. The minimum atomic E-state index is -3.65. The maximum absolute atomic E-state index is 12.5. The number of hydrogen-bond acceptors (Lipinski definition) is 5. The number of sulfonamides is 1. The molecule has 1 aliphatic rings. The van der Waals surface area contributed by atoms with Crippen molar-refractivity contribution in [3.05, 3.63) is 47.6 Å². The van der Waals surface area contributed by atoms with Crippen LogP contribution in [0.1, 0.15) is 37.5 Å². The first-order chi connectivity index (χ1) is 12.1. The van der Waals surface area contributed by atoms with Crippen molar-refractivity contribution in [3.8, 4) is 0 Å². The summed E-state index contributed by atoms with van der Waals surface area (Å²) in [5.74, 6) is 0.777. The number of nitrogens with one attached hydrogen (secondary N) is 1. The van der Waals surface area contributed by atoms with Gasteiger partial charge in [0.15, 0.2) is 0 Å². The number of pyridine rings is 1. The van der Waals surface area contributed by atoms with Gasteiger partial charge in [0, 0.05) is 12.7 Å². The molecule has 0 radical (unpaired) electrons. The van der Waals surface area contributed by atoms with E-state index in [1.54, 1.807) is 6.26 Å². The van der Waals surface area contributed by atoms with E-state index in [-0.39, 0.29) is 22.6 Å². The second kappa shape index (κ2) is 8.31. The van der Waals surface area contributed by atoms with Crippen LogP contribution in [0.2, 0.25) is 5.15 Å². The van der Waals surface area contributed by atoms with E-state index in [2.05, 4.69) is 14.6 Å². The van der Waals surface area contributed by atoms with Crippen LogP contribution in [0.15, 0.2) is 46.0 Å². The van der Waals surface area contributed by atoms with Gasteiger partial charge in [0.1, 0.15) is 15.8 Å². The van der Waals surface area contributed by atoms with Crippen LogP contribution in [0.25, 0.3) is 0 Å². The first kappa shape index (κ1) is 18.4. The minimum Gasteiger partial charge on any atom is -0.468 e. The van der Waals surface area contributed by atoms with Crippen LogP contribution in [-0.2, 0) is 10.0 Å². The first-order valence-corrected chi connectivity index (χ1v) is 10.3. The molecule has 1 atom stereocenters. The van der Waals surface area contributed by atoms with Crippen LogP contribution in [0.5, 0.6) is 0 Å². The van der Waals surface area contributed by atoms with Crippen molar-refractivity contribution in [2.75, 3.05) is 19.6 Å². The Kier molecular flexibility index (Phi) is 6.11. The van der Waals surface area contributed by atoms with Gasteiger partial charge in [0.25, 0.3) is 0 Å². The zero-order chi connectivity index (χ0) is 17.7. The van der Waals surface area contributed by atoms with Gasteiger partial charge in [0.05, 0.1) is 12.3 Å². The zero-order valence-electron chi connectivity index (χ0n) is 13.9. The fourth-order valence-electron chi connectivity index (χ4n) is 3.09. The molecule has 1 unspecified atom stereocenters. The molecule has 1 N–H and O–H groups in total. The summed E-state index contributed by atoms with van der Waals surface area (Å²) in [7, 11) is -3.65. The van der Waals surface area contributed by atoms with Crippen molar-refractivity contribution in [2.24, 2.45) is 0 Å². The molecule has 3 rings (SSSR count). The largest absolute Gasteiger partial charge is 0.468 e. The lowest BCUT2D eigenvalue weighted by Gasteiger charge is -2.29. The van der Waals surface area contributed by atoms with Crippen LogP contribution < -0.4 is 4.72 Å².